The summed E-state index contributed by atoms with van der Waals surface area (Å²) in [4.78, 5) is 13.9. The molecule has 0 aliphatic rings. The molecule has 3 heterocycles. The number of imidazole rings is 1. The van der Waals surface area contributed by atoms with E-state index in [0.717, 1.165) is 55.8 Å². The zero-order valence-electron chi connectivity index (χ0n) is 23.9. The number of rotatable bonds is 3. The van der Waals surface area contributed by atoms with Gasteiger partial charge in [0.05, 0.1) is 22.2 Å². The molecule has 4 heteroatoms. The third-order valence-electron chi connectivity index (χ3n) is 8.25. The molecule has 4 nitrogen and oxygen atoms in total. The van der Waals surface area contributed by atoms with E-state index < -0.39 is 0 Å². The Morgan fingerprint density at radius 3 is 2.21 bits per heavy atom. The summed E-state index contributed by atoms with van der Waals surface area (Å²) in [6.07, 6.45) is 1.86. The molecular formula is C38H30N4. The summed E-state index contributed by atoms with van der Waals surface area (Å²) in [5.74, 6) is 0.966. The molecule has 0 unspecified atom stereocenters. The van der Waals surface area contributed by atoms with Gasteiger partial charge in [-0.25, -0.2) is 4.98 Å². The highest BCUT2D eigenvalue weighted by Crippen LogP contribution is 2.41. The normalized spacial score (nSPS) is 12.2. The Balaban J connectivity index is 1.43. The molecule has 42 heavy (non-hydrogen) atoms. The number of nitrogens with one attached hydrogen (secondary N) is 1. The highest BCUT2D eigenvalue weighted by atomic mass is 15.1. The van der Waals surface area contributed by atoms with E-state index in [1.807, 2.05) is 18.3 Å². The first kappa shape index (κ1) is 24.6. The van der Waals surface area contributed by atoms with E-state index in [4.69, 9.17) is 9.97 Å². The van der Waals surface area contributed by atoms with E-state index in [2.05, 4.69) is 133 Å². The van der Waals surface area contributed by atoms with Crippen LogP contribution in [0, 0.1) is 0 Å². The van der Waals surface area contributed by atoms with Crippen molar-refractivity contribution in [3.63, 3.8) is 0 Å². The number of aromatic nitrogens is 4. The quantitative estimate of drug-likeness (QED) is 0.241. The predicted octanol–water partition coefficient (Wildman–Crippen LogP) is 9.97. The van der Waals surface area contributed by atoms with Gasteiger partial charge in [-0.1, -0.05) is 72.8 Å². The lowest BCUT2D eigenvalue weighted by molar-refractivity contribution is 0.413. The topological polar surface area (TPSA) is 46.5 Å². The van der Waals surface area contributed by atoms with Crippen LogP contribution in [0.25, 0.3) is 77.4 Å². The van der Waals surface area contributed by atoms with Gasteiger partial charge in [0.2, 0.25) is 0 Å². The van der Waals surface area contributed by atoms with E-state index >= 15 is 0 Å². The number of para-hydroxylation sites is 3. The third kappa shape index (κ3) is 3.76. The zero-order chi connectivity index (χ0) is 28.4. The summed E-state index contributed by atoms with van der Waals surface area (Å²) in [5, 5.41) is 4.82. The van der Waals surface area contributed by atoms with Gasteiger partial charge in [0.25, 0.3) is 0 Å². The Hall–Kier alpha value is -5.22. The minimum atomic E-state index is -0.195. The fourth-order valence-electron chi connectivity index (χ4n) is 6.45. The van der Waals surface area contributed by atoms with Crippen LogP contribution in [0.3, 0.4) is 0 Å². The van der Waals surface area contributed by atoms with Gasteiger partial charge >= 0.3 is 0 Å². The van der Waals surface area contributed by atoms with Gasteiger partial charge in [-0.05, 0) is 79.6 Å². The fourth-order valence-corrected chi connectivity index (χ4v) is 6.45. The van der Waals surface area contributed by atoms with Crippen molar-refractivity contribution in [2.45, 2.75) is 26.3 Å². The van der Waals surface area contributed by atoms with Crippen LogP contribution in [0.15, 0.2) is 121 Å². The van der Waals surface area contributed by atoms with E-state index in [9.17, 15) is 0 Å². The summed E-state index contributed by atoms with van der Waals surface area (Å²) in [6, 6.07) is 40.8. The second-order valence-electron chi connectivity index (χ2n) is 12.0. The largest absolute Gasteiger partial charge is 0.354 e. The Bertz CT molecular complexity index is 2280. The molecular weight excluding hydrogens is 512 g/mol. The maximum atomic E-state index is 5.46. The SMILES string of the molecule is CC(C)(C)n1c(-c2cccc3c2[nH]c2ccccc23)nc2c(-c3cc(-c4ccccn4)c4ccccc4c3)cccc21. The monoisotopic (exact) mass is 542 g/mol. The Morgan fingerprint density at radius 1 is 0.643 bits per heavy atom. The number of benzene rings is 5. The first-order chi connectivity index (χ1) is 20.5. The van der Waals surface area contributed by atoms with Crippen molar-refractivity contribution in [1.82, 2.24) is 19.5 Å². The highest BCUT2D eigenvalue weighted by molar-refractivity contribution is 6.12. The molecule has 1 N–H and O–H groups in total. The van der Waals surface area contributed by atoms with Crippen LogP contribution in [-0.4, -0.2) is 19.5 Å². The average molecular weight is 543 g/mol. The molecule has 8 rings (SSSR count). The summed E-state index contributed by atoms with van der Waals surface area (Å²) >= 11 is 0. The minimum Gasteiger partial charge on any atom is -0.354 e. The van der Waals surface area contributed by atoms with Crippen molar-refractivity contribution < 1.29 is 0 Å². The van der Waals surface area contributed by atoms with Gasteiger partial charge in [-0.2, -0.15) is 0 Å². The van der Waals surface area contributed by atoms with Gasteiger partial charge < -0.3 is 9.55 Å². The van der Waals surface area contributed by atoms with Gasteiger partial charge in [0, 0.05) is 44.7 Å². The lowest BCUT2D eigenvalue weighted by atomic mass is 9.94. The lowest BCUT2D eigenvalue weighted by Crippen LogP contribution is -2.22. The molecule has 0 fully saturated rings. The first-order valence-corrected chi connectivity index (χ1v) is 14.4. The predicted molar refractivity (Wildman–Crippen MR) is 176 cm³/mol. The molecule has 8 aromatic rings. The van der Waals surface area contributed by atoms with Crippen molar-refractivity contribution in [1.29, 1.82) is 0 Å². The van der Waals surface area contributed by atoms with Crippen molar-refractivity contribution in [3.8, 4) is 33.8 Å². The van der Waals surface area contributed by atoms with E-state index in [1.165, 1.54) is 21.5 Å². The smallest absolute Gasteiger partial charge is 0.143 e. The summed E-state index contributed by atoms with van der Waals surface area (Å²) in [5.41, 5.74) is 9.62. The summed E-state index contributed by atoms with van der Waals surface area (Å²) in [7, 11) is 0. The molecule has 0 aliphatic heterocycles. The van der Waals surface area contributed by atoms with E-state index in [-0.39, 0.29) is 5.54 Å². The molecule has 0 aliphatic carbocycles. The van der Waals surface area contributed by atoms with Crippen LogP contribution in [-0.2, 0) is 5.54 Å². The van der Waals surface area contributed by atoms with Gasteiger partial charge in [-0.3, -0.25) is 4.98 Å². The molecule has 0 bridgehead atoms. The van der Waals surface area contributed by atoms with Crippen molar-refractivity contribution in [3.05, 3.63) is 121 Å². The lowest BCUT2D eigenvalue weighted by Gasteiger charge is -2.25. The second kappa shape index (κ2) is 9.15. The molecule has 0 spiro atoms. The van der Waals surface area contributed by atoms with Gasteiger partial charge in [-0.15, -0.1) is 0 Å². The fraction of sp³-hybridized carbons (Fsp3) is 0.105. The first-order valence-electron chi connectivity index (χ1n) is 14.4. The standard InChI is InChI=1S/C38H30N4/c1-38(2,3)42-34-20-11-15-27(25-22-24-12-4-5-13-26(24)31(23-25)32-18-8-9-21-39-32)36(34)41-37(42)30-17-10-16-29-28-14-6-7-19-33(28)40-35(29)30/h4-23,40H,1-3H3. The Morgan fingerprint density at radius 2 is 1.38 bits per heavy atom. The number of nitrogens with zero attached hydrogens (tertiary/aromatic N) is 3. The third-order valence-corrected chi connectivity index (χ3v) is 8.25. The maximum absolute atomic E-state index is 5.46. The number of H-pyrrole nitrogens is 1. The van der Waals surface area contributed by atoms with Crippen LogP contribution in [0.5, 0.6) is 0 Å². The van der Waals surface area contributed by atoms with Crippen molar-refractivity contribution in [2.75, 3.05) is 0 Å². The Labute approximate surface area is 244 Å². The number of fused-ring (bicyclic) bond motifs is 5. The average Bonchev–Trinajstić information content (AvgIpc) is 3.60. The van der Waals surface area contributed by atoms with E-state index in [1.54, 1.807) is 0 Å². The zero-order valence-corrected chi connectivity index (χ0v) is 23.9. The molecule has 0 radical (unpaired) electrons. The highest BCUT2D eigenvalue weighted by Gasteiger charge is 2.26. The van der Waals surface area contributed by atoms with Crippen LogP contribution in [0.4, 0.5) is 0 Å². The summed E-state index contributed by atoms with van der Waals surface area (Å²) < 4.78 is 2.40. The number of hydrogen-bond donors (Lipinski definition) is 1. The van der Waals surface area contributed by atoms with Crippen molar-refractivity contribution in [2.24, 2.45) is 0 Å². The van der Waals surface area contributed by atoms with Crippen LogP contribution >= 0.6 is 0 Å². The van der Waals surface area contributed by atoms with Crippen LogP contribution in [0.1, 0.15) is 20.8 Å². The molecule has 0 amide bonds. The maximum Gasteiger partial charge on any atom is 0.143 e. The van der Waals surface area contributed by atoms with Gasteiger partial charge in [0.15, 0.2) is 0 Å². The number of hydrogen-bond acceptors (Lipinski definition) is 2. The second-order valence-corrected chi connectivity index (χ2v) is 12.0. The molecule has 0 saturated heterocycles. The molecule has 202 valence electrons. The molecule has 0 atom stereocenters. The van der Waals surface area contributed by atoms with Gasteiger partial charge in [0.1, 0.15) is 5.82 Å². The van der Waals surface area contributed by atoms with Crippen LogP contribution < -0.4 is 0 Å². The molecule has 3 aromatic heterocycles. The van der Waals surface area contributed by atoms with Crippen molar-refractivity contribution >= 4 is 43.6 Å². The number of pyridine rings is 1. The Kier molecular flexibility index (Phi) is 5.35. The summed E-state index contributed by atoms with van der Waals surface area (Å²) in [6.45, 7) is 6.76. The minimum absolute atomic E-state index is 0.195. The number of aromatic amines is 1. The van der Waals surface area contributed by atoms with Crippen LogP contribution in [0.2, 0.25) is 0 Å². The van der Waals surface area contributed by atoms with E-state index in [0.29, 0.717) is 0 Å². The molecule has 0 saturated carbocycles. The molecule has 5 aromatic carbocycles.